The Kier molecular flexibility index (Phi) is 3.87. The Balaban J connectivity index is 1.94. The van der Waals surface area contributed by atoms with Gasteiger partial charge in [-0.3, -0.25) is 0 Å². The Hall–Kier alpha value is -0.130. The van der Waals surface area contributed by atoms with Crippen LogP contribution in [-0.2, 0) is 10.0 Å². The molecule has 0 aromatic rings. The molecular formula is C11H22N2O2S. The van der Waals surface area contributed by atoms with Crippen molar-refractivity contribution in [1.82, 2.24) is 4.31 Å². The molecule has 16 heavy (non-hydrogen) atoms. The number of piperidine rings is 1. The van der Waals surface area contributed by atoms with Crippen molar-refractivity contribution < 1.29 is 8.42 Å². The summed E-state index contributed by atoms with van der Waals surface area (Å²) in [5.41, 5.74) is 5.82. The Labute approximate surface area is 98.2 Å². The van der Waals surface area contributed by atoms with Crippen LogP contribution in [0.25, 0.3) is 0 Å². The highest BCUT2D eigenvalue weighted by molar-refractivity contribution is 7.89. The van der Waals surface area contributed by atoms with E-state index in [4.69, 9.17) is 5.73 Å². The molecule has 2 N–H and O–H groups in total. The third-order valence-corrected chi connectivity index (χ3v) is 5.75. The lowest BCUT2D eigenvalue weighted by Crippen LogP contribution is -2.47. The van der Waals surface area contributed by atoms with E-state index in [2.05, 4.69) is 0 Å². The molecule has 1 unspecified atom stereocenters. The highest BCUT2D eigenvalue weighted by atomic mass is 32.2. The minimum atomic E-state index is -3.05. The van der Waals surface area contributed by atoms with Gasteiger partial charge in [-0.15, -0.1) is 0 Å². The predicted molar refractivity (Wildman–Crippen MR) is 64.5 cm³/mol. The predicted octanol–water partition coefficient (Wildman–Crippen LogP) is 0.929. The molecule has 1 aliphatic heterocycles. The fourth-order valence-electron chi connectivity index (χ4n) is 2.81. The van der Waals surface area contributed by atoms with Crippen LogP contribution < -0.4 is 5.73 Å². The summed E-state index contributed by atoms with van der Waals surface area (Å²) in [5.74, 6) is 0.739. The number of sulfonamides is 1. The average molecular weight is 246 g/mol. The molecule has 0 amide bonds. The summed E-state index contributed by atoms with van der Waals surface area (Å²) in [4.78, 5) is 0. The molecule has 0 aromatic heterocycles. The van der Waals surface area contributed by atoms with Gasteiger partial charge in [0.15, 0.2) is 0 Å². The summed E-state index contributed by atoms with van der Waals surface area (Å²) in [7, 11) is -3.05. The molecule has 4 nitrogen and oxygen atoms in total. The molecule has 2 fully saturated rings. The van der Waals surface area contributed by atoms with Crippen LogP contribution in [0.5, 0.6) is 0 Å². The fraction of sp³-hybridized carbons (Fsp3) is 1.00. The van der Waals surface area contributed by atoms with E-state index >= 15 is 0 Å². The van der Waals surface area contributed by atoms with Crippen molar-refractivity contribution in [2.24, 2.45) is 11.7 Å². The van der Waals surface area contributed by atoms with E-state index in [0.717, 1.165) is 25.7 Å². The van der Waals surface area contributed by atoms with Crippen molar-refractivity contribution in [3.63, 3.8) is 0 Å². The van der Waals surface area contributed by atoms with Gasteiger partial charge in [-0.1, -0.05) is 12.8 Å². The zero-order valence-corrected chi connectivity index (χ0v) is 10.6. The third-order valence-electron chi connectivity index (χ3n) is 3.74. The lowest BCUT2D eigenvalue weighted by Gasteiger charge is -2.30. The van der Waals surface area contributed by atoms with Crippen molar-refractivity contribution in [3.8, 4) is 0 Å². The topological polar surface area (TPSA) is 63.4 Å². The number of rotatable bonds is 3. The maximum Gasteiger partial charge on any atom is 0.214 e. The van der Waals surface area contributed by atoms with E-state index < -0.39 is 10.0 Å². The van der Waals surface area contributed by atoms with E-state index in [1.165, 1.54) is 12.8 Å². The Bertz CT molecular complexity index is 323. The SMILES string of the molecule is NC1CCCN(S(=O)(=O)CC2CCCC2)C1. The largest absolute Gasteiger partial charge is 0.327 e. The molecule has 5 heteroatoms. The van der Waals surface area contributed by atoms with Crippen LogP contribution in [0.1, 0.15) is 38.5 Å². The minimum absolute atomic E-state index is 0.0344. The van der Waals surface area contributed by atoms with Crippen LogP contribution in [0.4, 0.5) is 0 Å². The molecule has 1 atom stereocenters. The molecule has 1 saturated carbocycles. The summed E-state index contributed by atoms with van der Waals surface area (Å²) in [6.45, 7) is 1.19. The summed E-state index contributed by atoms with van der Waals surface area (Å²) in [5, 5.41) is 0. The molecule has 0 radical (unpaired) electrons. The molecule has 2 aliphatic rings. The Morgan fingerprint density at radius 2 is 1.81 bits per heavy atom. The van der Waals surface area contributed by atoms with E-state index in [1.54, 1.807) is 4.31 Å². The van der Waals surface area contributed by atoms with Crippen molar-refractivity contribution in [2.75, 3.05) is 18.8 Å². The molecule has 1 heterocycles. The number of nitrogens with zero attached hydrogens (tertiary/aromatic N) is 1. The molecule has 94 valence electrons. The molecule has 2 rings (SSSR count). The number of nitrogens with two attached hydrogens (primary N) is 1. The van der Waals surface area contributed by atoms with Crippen LogP contribution in [0.15, 0.2) is 0 Å². The molecule has 1 aliphatic carbocycles. The smallest absolute Gasteiger partial charge is 0.214 e. The van der Waals surface area contributed by atoms with E-state index in [0.29, 0.717) is 24.8 Å². The quantitative estimate of drug-likeness (QED) is 0.805. The first-order chi connectivity index (χ1) is 7.58. The van der Waals surface area contributed by atoms with E-state index in [9.17, 15) is 8.42 Å². The van der Waals surface area contributed by atoms with Crippen molar-refractivity contribution >= 4 is 10.0 Å². The second kappa shape index (κ2) is 5.02. The highest BCUT2D eigenvalue weighted by Crippen LogP contribution is 2.27. The molecule has 1 saturated heterocycles. The second-order valence-corrected chi connectivity index (χ2v) is 7.20. The first kappa shape index (κ1) is 12.3. The normalized spacial score (nSPS) is 29.7. The van der Waals surface area contributed by atoms with Gasteiger partial charge < -0.3 is 5.73 Å². The van der Waals surface area contributed by atoms with Crippen LogP contribution in [0.2, 0.25) is 0 Å². The summed E-state index contributed by atoms with van der Waals surface area (Å²) in [6, 6.07) is 0.0344. The molecule has 0 aromatic carbocycles. The second-order valence-electron chi connectivity index (χ2n) is 5.19. The third kappa shape index (κ3) is 2.96. The van der Waals surface area contributed by atoms with Crippen LogP contribution >= 0.6 is 0 Å². The molecule has 0 bridgehead atoms. The van der Waals surface area contributed by atoms with Gasteiger partial charge in [-0.2, -0.15) is 0 Å². The summed E-state index contributed by atoms with van der Waals surface area (Å²) in [6.07, 6.45) is 6.41. The maximum atomic E-state index is 12.2. The highest BCUT2D eigenvalue weighted by Gasteiger charge is 2.30. The fourth-order valence-corrected chi connectivity index (χ4v) is 4.77. The first-order valence-electron chi connectivity index (χ1n) is 6.31. The van der Waals surface area contributed by atoms with Gasteiger partial charge in [0.25, 0.3) is 0 Å². The maximum absolute atomic E-state index is 12.2. The lowest BCUT2D eigenvalue weighted by atomic mass is 10.1. The Morgan fingerprint density at radius 1 is 1.12 bits per heavy atom. The number of hydrogen-bond acceptors (Lipinski definition) is 3. The standard InChI is InChI=1S/C11H22N2O2S/c12-11-6-3-7-13(8-11)16(14,15)9-10-4-1-2-5-10/h10-11H,1-9,12H2. The van der Waals surface area contributed by atoms with Gasteiger partial charge >= 0.3 is 0 Å². The van der Waals surface area contributed by atoms with Gasteiger partial charge in [0, 0.05) is 19.1 Å². The van der Waals surface area contributed by atoms with E-state index in [-0.39, 0.29) is 6.04 Å². The zero-order valence-electron chi connectivity index (χ0n) is 9.77. The summed E-state index contributed by atoms with van der Waals surface area (Å²) >= 11 is 0. The van der Waals surface area contributed by atoms with Crippen molar-refractivity contribution in [1.29, 1.82) is 0 Å². The lowest BCUT2D eigenvalue weighted by molar-refractivity contribution is 0.314. The molecular weight excluding hydrogens is 224 g/mol. The average Bonchev–Trinajstić information content (AvgIpc) is 2.70. The van der Waals surface area contributed by atoms with Crippen LogP contribution in [0.3, 0.4) is 0 Å². The van der Waals surface area contributed by atoms with Gasteiger partial charge in [-0.05, 0) is 31.6 Å². The van der Waals surface area contributed by atoms with Crippen molar-refractivity contribution in [2.45, 2.75) is 44.6 Å². The van der Waals surface area contributed by atoms with E-state index in [1.807, 2.05) is 0 Å². The Morgan fingerprint density at radius 3 is 2.44 bits per heavy atom. The monoisotopic (exact) mass is 246 g/mol. The van der Waals surface area contributed by atoms with Gasteiger partial charge in [0.05, 0.1) is 5.75 Å². The van der Waals surface area contributed by atoms with Crippen LogP contribution in [0, 0.1) is 5.92 Å². The van der Waals surface area contributed by atoms with Gasteiger partial charge in [0.1, 0.15) is 0 Å². The molecule has 0 spiro atoms. The van der Waals surface area contributed by atoms with Crippen molar-refractivity contribution in [3.05, 3.63) is 0 Å². The number of hydrogen-bond donors (Lipinski definition) is 1. The van der Waals surface area contributed by atoms with Crippen LogP contribution in [-0.4, -0.2) is 37.6 Å². The van der Waals surface area contributed by atoms with Gasteiger partial charge in [0.2, 0.25) is 10.0 Å². The minimum Gasteiger partial charge on any atom is -0.327 e. The summed E-state index contributed by atoms with van der Waals surface area (Å²) < 4.78 is 25.9. The first-order valence-corrected chi connectivity index (χ1v) is 7.92. The zero-order chi connectivity index (χ0) is 11.6. The van der Waals surface area contributed by atoms with Gasteiger partial charge in [-0.25, -0.2) is 12.7 Å².